The first-order chi connectivity index (χ1) is 11.6. The lowest BCUT2D eigenvalue weighted by Crippen LogP contribution is -2.23. The summed E-state index contributed by atoms with van der Waals surface area (Å²) in [6.45, 7) is 0.264. The number of nitro groups is 1. The van der Waals surface area contributed by atoms with E-state index in [2.05, 4.69) is 10.3 Å². The minimum atomic E-state index is -0.504. The molecule has 0 radical (unpaired) electrons. The molecular weight excluding hydrogens is 330 g/mol. The van der Waals surface area contributed by atoms with Crippen LogP contribution in [0.4, 0.5) is 5.00 Å². The van der Waals surface area contributed by atoms with Gasteiger partial charge in [-0.25, -0.2) is 4.98 Å². The van der Waals surface area contributed by atoms with Crippen molar-refractivity contribution in [3.8, 4) is 5.88 Å². The number of nitrogens with zero attached hydrogens (tertiary/aromatic N) is 2. The molecule has 1 saturated carbocycles. The second-order valence-corrected chi connectivity index (χ2v) is 6.63. The first-order valence-electron chi connectivity index (χ1n) is 7.76. The van der Waals surface area contributed by atoms with Gasteiger partial charge in [0.05, 0.1) is 9.80 Å². The van der Waals surface area contributed by atoms with E-state index in [1.807, 2.05) is 6.07 Å². The summed E-state index contributed by atoms with van der Waals surface area (Å²) in [6, 6.07) is 6.43. The fourth-order valence-electron chi connectivity index (χ4n) is 2.64. The molecule has 0 aliphatic heterocycles. The van der Waals surface area contributed by atoms with Gasteiger partial charge in [0.2, 0.25) is 5.88 Å². The summed E-state index contributed by atoms with van der Waals surface area (Å²) < 4.78 is 5.93. The number of rotatable bonds is 6. The van der Waals surface area contributed by atoms with Crippen LogP contribution in [0.1, 0.15) is 40.9 Å². The van der Waals surface area contributed by atoms with E-state index in [9.17, 15) is 14.9 Å². The number of carbonyl (C=O) groups is 1. The van der Waals surface area contributed by atoms with E-state index in [-0.39, 0.29) is 23.6 Å². The predicted octanol–water partition coefficient (Wildman–Crippen LogP) is 3.30. The molecule has 0 unspecified atom stereocenters. The van der Waals surface area contributed by atoms with Gasteiger partial charge in [-0.05, 0) is 37.8 Å². The normalized spacial score (nSPS) is 14.5. The van der Waals surface area contributed by atoms with E-state index in [1.54, 1.807) is 12.3 Å². The maximum Gasteiger partial charge on any atom is 0.324 e. The Balaban J connectivity index is 1.63. The van der Waals surface area contributed by atoms with Crippen molar-refractivity contribution < 1.29 is 14.5 Å². The molecule has 0 aromatic carbocycles. The molecule has 1 amide bonds. The Labute approximate surface area is 142 Å². The lowest BCUT2D eigenvalue weighted by molar-refractivity contribution is -0.380. The van der Waals surface area contributed by atoms with Crippen LogP contribution in [0.15, 0.2) is 30.5 Å². The highest BCUT2D eigenvalue weighted by Crippen LogP contribution is 2.26. The molecule has 24 heavy (non-hydrogen) atoms. The van der Waals surface area contributed by atoms with Gasteiger partial charge in [-0.15, -0.1) is 0 Å². The quantitative estimate of drug-likeness (QED) is 0.639. The van der Waals surface area contributed by atoms with Crippen LogP contribution >= 0.6 is 11.3 Å². The average molecular weight is 347 g/mol. The molecule has 3 rings (SSSR count). The molecule has 0 spiro atoms. The minimum Gasteiger partial charge on any atom is -0.474 e. The Morgan fingerprint density at radius 3 is 2.88 bits per heavy atom. The monoisotopic (exact) mass is 347 g/mol. The Morgan fingerprint density at radius 1 is 1.38 bits per heavy atom. The zero-order valence-electron chi connectivity index (χ0n) is 12.9. The highest BCUT2D eigenvalue weighted by Gasteiger charge is 2.19. The number of pyridine rings is 1. The van der Waals surface area contributed by atoms with E-state index in [4.69, 9.17) is 4.74 Å². The van der Waals surface area contributed by atoms with Crippen LogP contribution in [0.5, 0.6) is 5.88 Å². The summed E-state index contributed by atoms with van der Waals surface area (Å²) in [5.41, 5.74) is 0.795. The number of nitrogens with one attached hydrogen (secondary N) is 1. The minimum absolute atomic E-state index is 0.0493. The van der Waals surface area contributed by atoms with Gasteiger partial charge in [-0.1, -0.05) is 17.4 Å². The number of thiophene rings is 1. The van der Waals surface area contributed by atoms with Crippen molar-refractivity contribution in [2.45, 2.75) is 38.3 Å². The van der Waals surface area contributed by atoms with Crippen molar-refractivity contribution in [1.29, 1.82) is 0 Å². The summed E-state index contributed by atoms with van der Waals surface area (Å²) in [5.74, 6) is 0.200. The summed E-state index contributed by atoms with van der Waals surface area (Å²) in [7, 11) is 0. The third kappa shape index (κ3) is 3.88. The average Bonchev–Trinajstić information content (AvgIpc) is 3.25. The summed E-state index contributed by atoms with van der Waals surface area (Å²) in [5, 5.41) is 13.4. The number of aromatic nitrogens is 1. The Hall–Kier alpha value is -2.48. The zero-order chi connectivity index (χ0) is 16.9. The van der Waals surface area contributed by atoms with Crippen LogP contribution in [0.2, 0.25) is 0 Å². The standard InChI is InChI=1S/C16H17N3O4S/c20-15(13-7-8-14(24-13)19(21)22)18-10-11-4-3-9-17-16(11)23-12-5-1-2-6-12/h3-4,7-9,12H,1-2,5-6,10H2,(H,18,20). The van der Waals surface area contributed by atoms with Gasteiger partial charge >= 0.3 is 5.00 Å². The van der Waals surface area contributed by atoms with Crippen molar-refractivity contribution >= 4 is 22.2 Å². The molecule has 1 fully saturated rings. The van der Waals surface area contributed by atoms with E-state index in [1.165, 1.54) is 25.0 Å². The topological polar surface area (TPSA) is 94.4 Å². The molecule has 2 aromatic rings. The molecule has 1 aliphatic rings. The second-order valence-electron chi connectivity index (χ2n) is 5.57. The highest BCUT2D eigenvalue weighted by molar-refractivity contribution is 7.17. The number of ether oxygens (including phenoxy) is 1. The molecule has 0 bridgehead atoms. The number of hydrogen-bond donors (Lipinski definition) is 1. The molecule has 7 nitrogen and oxygen atoms in total. The fraction of sp³-hybridized carbons (Fsp3) is 0.375. The van der Waals surface area contributed by atoms with Gasteiger partial charge in [-0.2, -0.15) is 0 Å². The highest BCUT2D eigenvalue weighted by atomic mass is 32.1. The molecule has 1 N–H and O–H groups in total. The molecule has 2 aromatic heterocycles. The van der Waals surface area contributed by atoms with Crippen molar-refractivity contribution in [2.24, 2.45) is 0 Å². The Bertz CT molecular complexity index is 740. The maximum absolute atomic E-state index is 12.1. The lowest BCUT2D eigenvalue weighted by Gasteiger charge is -2.15. The third-order valence-corrected chi connectivity index (χ3v) is 4.90. The Morgan fingerprint density at radius 2 is 2.17 bits per heavy atom. The number of carbonyl (C=O) groups excluding carboxylic acids is 1. The van der Waals surface area contributed by atoms with Crippen molar-refractivity contribution in [3.05, 3.63) is 51.0 Å². The maximum atomic E-state index is 12.1. The van der Waals surface area contributed by atoms with Gasteiger partial charge < -0.3 is 10.1 Å². The van der Waals surface area contributed by atoms with Gasteiger partial charge in [0.25, 0.3) is 5.91 Å². The summed E-state index contributed by atoms with van der Waals surface area (Å²) in [6.07, 6.45) is 6.25. The van der Waals surface area contributed by atoms with Crippen LogP contribution < -0.4 is 10.1 Å². The molecule has 0 atom stereocenters. The van der Waals surface area contributed by atoms with Crippen LogP contribution in [0, 0.1) is 10.1 Å². The molecular formula is C16H17N3O4S. The van der Waals surface area contributed by atoms with Gasteiger partial charge in [0.15, 0.2) is 0 Å². The summed E-state index contributed by atoms with van der Waals surface area (Å²) >= 11 is 0.857. The fourth-order valence-corrected chi connectivity index (χ4v) is 3.38. The van der Waals surface area contributed by atoms with E-state index < -0.39 is 4.92 Å². The van der Waals surface area contributed by atoms with Crippen LogP contribution in [0.3, 0.4) is 0 Å². The van der Waals surface area contributed by atoms with Crippen molar-refractivity contribution in [3.63, 3.8) is 0 Å². The summed E-state index contributed by atoms with van der Waals surface area (Å²) in [4.78, 5) is 26.9. The largest absolute Gasteiger partial charge is 0.474 e. The van der Waals surface area contributed by atoms with E-state index >= 15 is 0 Å². The predicted molar refractivity (Wildman–Crippen MR) is 89.3 cm³/mol. The van der Waals surface area contributed by atoms with Gasteiger partial charge in [-0.3, -0.25) is 14.9 Å². The van der Waals surface area contributed by atoms with E-state index in [0.717, 1.165) is 29.7 Å². The molecule has 8 heteroatoms. The van der Waals surface area contributed by atoms with Gasteiger partial charge in [0, 0.05) is 24.4 Å². The molecule has 126 valence electrons. The van der Waals surface area contributed by atoms with Crippen molar-refractivity contribution in [1.82, 2.24) is 10.3 Å². The SMILES string of the molecule is O=C(NCc1cccnc1OC1CCCC1)c1ccc([N+](=O)[O-])s1. The third-order valence-electron chi connectivity index (χ3n) is 3.87. The lowest BCUT2D eigenvalue weighted by atomic mass is 10.2. The first kappa shape index (κ1) is 16.4. The van der Waals surface area contributed by atoms with Crippen LogP contribution in [0.25, 0.3) is 0 Å². The molecule has 0 saturated heterocycles. The van der Waals surface area contributed by atoms with Gasteiger partial charge in [0.1, 0.15) is 6.10 Å². The zero-order valence-corrected chi connectivity index (χ0v) is 13.8. The number of hydrogen-bond acceptors (Lipinski definition) is 6. The molecule has 2 heterocycles. The molecule has 1 aliphatic carbocycles. The first-order valence-corrected chi connectivity index (χ1v) is 8.58. The Kier molecular flexibility index (Phi) is 5.05. The van der Waals surface area contributed by atoms with E-state index in [0.29, 0.717) is 10.8 Å². The number of amides is 1. The van der Waals surface area contributed by atoms with Crippen LogP contribution in [-0.2, 0) is 6.54 Å². The van der Waals surface area contributed by atoms with Crippen molar-refractivity contribution in [2.75, 3.05) is 0 Å². The van der Waals surface area contributed by atoms with Crippen LogP contribution in [-0.4, -0.2) is 21.9 Å². The second kappa shape index (κ2) is 7.39. The smallest absolute Gasteiger partial charge is 0.324 e.